The summed E-state index contributed by atoms with van der Waals surface area (Å²) < 4.78 is 0. The lowest BCUT2D eigenvalue weighted by Gasteiger charge is -2.23. The van der Waals surface area contributed by atoms with Crippen LogP contribution in [0.5, 0.6) is 0 Å². The molecule has 2 aromatic carbocycles. The highest BCUT2D eigenvalue weighted by Crippen LogP contribution is 2.22. The van der Waals surface area contributed by atoms with E-state index in [1.807, 2.05) is 0 Å². The van der Waals surface area contributed by atoms with Crippen LogP contribution in [-0.4, -0.2) is 71.1 Å². The number of rotatable bonds is 4. The van der Waals surface area contributed by atoms with Gasteiger partial charge in [0.05, 0.1) is 11.1 Å². The van der Waals surface area contributed by atoms with Gasteiger partial charge in [-0.3, -0.25) is 24.1 Å². The third-order valence-corrected chi connectivity index (χ3v) is 5.87. The van der Waals surface area contributed by atoms with E-state index in [2.05, 4.69) is 0 Å². The van der Waals surface area contributed by atoms with Gasteiger partial charge in [-0.1, -0.05) is 29.8 Å². The van der Waals surface area contributed by atoms with Crippen LogP contribution >= 0.6 is 11.6 Å². The second kappa shape index (κ2) is 8.89. The van der Waals surface area contributed by atoms with Gasteiger partial charge in [-0.15, -0.1) is 0 Å². The van der Waals surface area contributed by atoms with Crippen molar-refractivity contribution in [1.29, 1.82) is 0 Å². The minimum absolute atomic E-state index is 0.0485. The van der Waals surface area contributed by atoms with Crippen LogP contribution in [0.25, 0.3) is 0 Å². The molecule has 0 N–H and O–H groups in total. The average molecular weight is 440 g/mol. The molecule has 2 aromatic rings. The number of benzene rings is 2. The first-order valence-electron chi connectivity index (χ1n) is 10.2. The van der Waals surface area contributed by atoms with Crippen LogP contribution in [0.3, 0.4) is 0 Å². The van der Waals surface area contributed by atoms with Crippen LogP contribution in [0.15, 0.2) is 48.5 Å². The number of nitrogens with zero attached hydrogens (tertiary/aromatic N) is 3. The van der Waals surface area contributed by atoms with Crippen LogP contribution < -0.4 is 0 Å². The highest BCUT2D eigenvalue weighted by molar-refractivity contribution is 6.31. The lowest BCUT2D eigenvalue weighted by Crippen LogP contribution is -2.39. The third kappa shape index (κ3) is 4.32. The highest BCUT2D eigenvalue weighted by Gasteiger charge is 2.35. The topological polar surface area (TPSA) is 78.0 Å². The zero-order valence-electron chi connectivity index (χ0n) is 16.9. The zero-order chi connectivity index (χ0) is 22.0. The number of hydrogen-bond acceptors (Lipinski definition) is 4. The van der Waals surface area contributed by atoms with Gasteiger partial charge in [0.1, 0.15) is 0 Å². The van der Waals surface area contributed by atoms with Crippen molar-refractivity contribution < 1.29 is 19.2 Å². The molecule has 0 aliphatic carbocycles. The average Bonchev–Trinajstić information content (AvgIpc) is 2.94. The van der Waals surface area contributed by atoms with E-state index in [0.29, 0.717) is 54.3 Å². The van der Waals surface area contributed by atoms with Gasteiger partial charge in [-0.05, 0) is 36.8 Å². The Morgan fingerprint density at radius 1 is 0.839 bits per heavy atom. The van der Waals surface area contributed by atoms with E-state index in [4.69, 9.17) is 11.6 Å². The number of amides is 4. The summed E-state index contributed by atoms with van der Waals surface area (Å²) in [5, 5.41) is 0.505. The predicted octanol–water partition coefficient (Wildman–Crippen LogP) is 2.70. The van der Waals surface area contributed by atoms with Crippen LogP contribution in [-0.2, 0) is 4.79 Å². The molecule has 2 aliphatic heterocycles. The van der Waals surface area contributed by atoms with Gasteiger partial charge in [0.25, 0.3) is 17.7 Å². The quantitative estimate of drug-likeness (QED) is 0.686. The molecule has 7 nitrogen and oxygen atoms in total. The summed E-state index contributed by atoms with van der Waals surface area (Å²) in [6, 6.07) is 13.5. The molecule has 0 spiro atoms. The fraction of sp³-hybridized carbons (Fsp3) is 0.304. The molecule has 8 heteroatoms. The molecular formula is C23H22ClN3O4. The van der Waals surface area contributed by atoms with Crippen LogP contribution in [0, 0.1) is 0 Å². The Bertz CT molecular complexity index is 1020. The van der Waals surface area contributed by atoms with E-state index < -0.39 is 0 Å². The maximum Gasteiger partial charge on any atom is 0.261 e. The Hall–Kier alpha value is -3.19. The number of halogens is 1. The van der Waals surface area contributed by atoms with Crippen LogP contribution in [0.2, 0.25) is 5.02 Å². The molecule has 0 radical (unpaired) electrons. The molecule has 0 atom stereocenters. The first-order chi connectivity index (χ1) is 15.0. The maximum absolute atomic E-state index is 12.7. The van der Waals surface area contributed by atoms with Crippen molar-refractivity contribution in [3.8, 4) is 0 Å². The molecule has 0 bridgehead atoms. The van der Waals surface area contributed by atoms with Crippen molar-refractivity contribution in [3.05, 3.63) is 70.2 Å². The van der Waals surface area contributed by atoms with Crippen molar-refractivity contribution >= 4 is 35.2 Å². The first-order valence-corrected chi connectivity index (χ1v) is 10.6. The minimum atomic E-state index is -0.359. The molecule has 1 saturated heterocycles. The molecule has 160 valence electrons. The third-order valence-electron chi connectivity index (χ3n) is 5.63. The molecular weight excluding hydrogens is 418 g/mol. The standard InChI is InChI=1S/C23H22ClN3O4/c24-17-6-3-5-16(15-17)21(29)26-11-4-10-25(13-14-26)20(28)9-12-27-22(30)18-7-1-2-8-19(18)23(27)31/h1-3,5-8,15H,4,9-14H2. The van der Waals surface area contributed by atoms with E-state index in [1.54, 1.807) is 58.3 Å². The van der Waals surface area contributed by atoms with Crippen LogP contribution in [0.4, 0.5) is 0 Å². The Balaban J connectivity index is 1.33. The summed E-state index contributed by atoms with van der Waals surface area (Å²) in [5.74, 6) is -0.957. The Morgan fingerprint density at radius 3 is 2.16 bits per heavy atom. The van der Waals surface area contributed by atoms with Crippen LogP contribution in [0.1, 0.15) is 43.9 Å². The summed E-state index contributed by atoms with van der Waals surface area (Å²) in [6.45, 7) is 1.96. The molecule has 0 saturated carbocycles. The van der Waals surface area contributed by atoms with Crippen molar-refractivity contribution in [2.24, 2.45) is 0 Å². The fourth-order valence-corrected chi connectivity index (χ4v) is 4.17. The van der Waals surface area contributed by atoms with Crippen molar-refractivity contribution in [2.45, 2.75) is 12.8 Å². The van der Waals surface area contributed by atoms with E-state index in [9.17, 15) is 19.2 Å². The maximum atomic E-state index is 12.7. The number of carbonyl (C=O) groups excluding carboxylic acids is 4. The van der Waals surface area contributed by atoms with Gasteiger partial charge in [0, 0.05) is 49.7 Å². The molecule has 0 aromatic heterocycles. The molecule has 2 heterocycles. The van der Waals surface area contributed by atoms with Crippen molar-refractivity contribution in [3.63, 3.8) is 0 Å². The Labute approximate surface area is 185 Å². The molecule has 4 rings (SSSR count). The normalized spacial score (nSPS) is 16.4. The van der Waals surface area contributed by atoms with E-state index >= 15 is 0 Å². The van der Waals surface area contributed by atoms with E-state index in [1.165, 1.54) is 0 Å². The summed E-state index contributed by atoms with van der Waals surface area (Å²) in [4.78, 5) is 54.9. The fourth-order valence-electron chi connectivity index (χ4n) is 3.98. The Kier molecular flexibility index (Phi) is 6.04. The number of imide groups is 1. The highest BCUT2D eigenvalue weighted by atomic mass is 35.5. The zero-order valence-corrected chi connectivity index (χ0v) is 17.7. The van der Waals surface area contributed by atoms with Gasteiger partial charge < -0.3 is 9.80 Å². The molecule has 4 amide bonds. The van der Waals surface area contributed by atoms with E-state index in [-0.39, 0.29) is 36.6 Å². The second-order valence-electron chi connectivity index (χ2n) is 7.59. The second-order valence-corrected chi connectivity index (χ2v) is 8.03. The summed E-state index contributed by atoms with van der Waals surface area (Å²) >= 11 is 5.99. The van der Waals surface area contributed by atoms with Gasteiger partial charge in [-0.25, -0.2) is 0 Å². The lowest BCUT2D eigenvalue weighted by molar-refractivity contribution is -0.131. The molecule has 0 unspecified atom stereocenters. The molecule has 2 aliphatic rings. The van der Waals surface area contributed by atoms with Gasteiger partial charge in [-0.2, -0.15) is 0 Å². The summed E-state index contributed by atoms with van der Waals surface area (Å²) in [7, 11) is 0. The largest absolute Gasteiger partial charge is 0.341 e. The summed E-state index contributed by atoms with van der Waals surface area (Å²) in [5.41, 5.74) is 1.28. The smallest absolute Gasteiger partial charge is 0.261 e. The van der Waals surface area contributed by atoms with Crippen molar-refractivity contribution in [1.82, 2.24) is 14.7 Å². The lowest BCUT2D eigenvalue weighted by atomic mass is 10.1. The van der Waals surface area contributed by atoms with Gasteiger partial charge in [0.2, 0.25) is 5.91 Å². The van der Waals surface area contributed by atoms with Gasteiger partial charge in [0.15, 0.2) is 0 Å². The number of hydrogen-bond donors (Lipinski definition) is 0. The predicted molar refractivity (Wildman–Crippen MR) is 115 cm³/mol. The first kappa shape index (κ1) is 21.1. The van der Waals surface area contributed by atoms with Gasteiger partial charge >= 0.3 is 0 Å². The summed E-state index contributed by atoms with van der Waals surface area (Å²) in [6.07, 6.45) is 0.721. The van der Waals surface area contributed by atoms with E-state index in [0.717, 1.165) is 4.90 Å². The molecule has 1 fully saturated rings. The number of carbonyl (C=O) groups is 4. The SMILES string of the molecule is O=C(CCN1C(=O)c2ccccc2C1=O)N1CCCN(C(=O)c2cccc(Cl)c2)CC1. The minimum Gasteiger partial charge on any atom is -0.341 e. The monoisotopic (exact) mass is 439 g/mol. The van der Waals surface area contributed by atoms with Crippen molar-refractivity contribution in [2.75, 3.05) is 32.7 Å². The Morgan fingerprint density at radius 2 is 1.48 bits per heavy atom. The number of fused-ring (bicyclic) bond motifs is 1. The molecule has 31 heavy (non-hydrogen) atoms.